The summed E-state index contributed by atoms with van der Waals surface area (Å²) in [5, 5.41) is 2.80. The molecule has 33 heavy (non-hydrogen) atoms. The number of carbonyl (C=O) groups excluding carboxylic acids is 1. The molecule has 7 heteroatoms. The van der Waals surface area contributed by atoms with Gasteiger partial charge in [0.05, 0.1) is 5.56 Å². The van der Waals surface area contributed by atoms with Crippen LogP contribution in [0.3, 0.4) is 0 Å². The second-order valence-electron chi connectivity index (χ2n) is 8.27. The lowest BCUT2D eigenvalue weighted by Crippen LogP contribution is -2.39. The first-order valence-electron chi connectivity index (χ1n) is 11.1. The summed E-state index contributed by atoms with van der Waals surface area (Å²) in [6.45, 7) is 4.59. The fourth-order valence-electron chi connectivity index (χ4n) is 4.18. The van der Waals surface area contributed by atoms with Gasteiger partial charge in [0.25, 0.3) is 0 Å². The number of nitrogens with one attached hydrogen (secondary N) is 1. The van der Waals surface area contributed by atoms with Crippen molar-refractivity contribution in [2.24, 2.45) is 4.99 Å². The number of fused-ring (bicyclic) bond motifs is 2. The van der Waals surface area contributed by atoms with Crippen LogP contribution in [0.15, 0.2) is 71.7 Å². The van der Waals surface area contributed by atoms with Crippen LogP contribution in [0.4, 0.5) is 20.6 Å². The zero-order valence-corrected chi connectivity index (χ0v) is 18.4. The molecule has 0 aromatic heterocycles. The number of hydrogen-bond acceptors (Lipinski definition) is 4. The number of hydrogen-bond donors (Lipinski definition) is 1. The number of nitrogens with zero attached hydrogens (tertiary/aromatic N) is 3. The number of halogens is 1. The van der Waals surface area contributed by atoms with Crippen molar-refractivity contribution in [3.05, 3.63) is 83.7 Å². The molecule has 0 radical (unpaired) electrons. The first-order chi connectivity index (χ1) is 16.1. The molecule has 2 heterocycles. The van der Waals surface area contributed by atoms with Gasteiger partial charge in [-0.05, 0) is 55.8 Å². The standard InChI is InChI=1S/C26H25FN4O2/c1-18-10-11-23-21(16-18)25(29-22-8-2-3-9-24(22)33-23)30-12-5-13-31(15-14-30)26(32)28-20-7-4-6-19(27)17-20/h2-4,6-11,16-17H,5,12-15H2,1H3,(H,28,32). The zero-order chi connectivity index (χ0) is 22.8. The minimum atomic E-state index is -0.377. The summed E-state index contributed by atoms with van der Waals surface area (Å²) in [7, 11) is 0. The molecule has 2 aliphatic heterocycles. The van der Waals surface area contributed by atoms with Crippen LogP contribution in [0, 0.1) is 12.7 Å². The number of benzene rings is 3. The monoisotopic (exact) mass is 444 g/mol. The van der Waals surface area contributed by atoms with Crippen LogP contribution < -0.4 is 10.1 Å². The van der Waals surface area contributed by atoms with E-state index in [0.29, 0.717) is 25.3 Å². The van der Waals surface area contributed by atoms with Crippen LogP contribution in [0.2, 0.25) is 0 Å². The molecule has 0 bridgehead atoms. The topological polar surface area (TPSA) is 57.2 Å². The zero-order valence-electron chi connectivity index (χ0n) is 18.4. The van der Waals surface area contributed by atoms with Crippen LogP contribution in [-0.2, 0) is 0 Å². The minimum absolute atomic E-state index is 0.227. The number of urea groups is 1. The molecular weight excluding hydrogens is 419 g/mol. The van der Waals surface area contributed by atoms with E-state index in [0.717, 1.165) is 47.1 Å². The maximum atomic E-state index is 13.5. The summed E-state index contributed by atoms with van der Waals surface area (Å²) in [5.74, 6) is 1.97. The highest BCUT2D eigenvalue weighted by Crippen LogP contribution is 2.38. The predicted octanol–water partition coefficient (Wildman–Crippen LogP) is 5.56. The van der Waals surface area contributed by atoms with E-state index in [1.807, 2.05) is 36.4 Å². The molecule has 2 aliphatic rings. The van der Waals surface area contributed by atoms with Crippen molar-refractivity contribution < 1.29 is 13.9 Å². The number of carbonyl (C=O) groups is 1. The van der Waals surface area contributed by atoms with Crippen LogP contribution in [0.5, 0.6) is 11.5 Å². The number of rotatable bonds is 1. The first kappa shape index (κ1) is 21.0. The molecule has 3 aromatic carbocycles. The SMILES string of the molecule is Cc1ccc2c(c1)C(N1CCCN(C(=O)Nc3cccc(F)c3)CC1)=Nc1ccccc1O2. The van der Waals surface area contributed by atoms with Gasteiger partial charge in [0.15, 0.2) is 5.75 Å². The van der Waals surface area contributed by atoms with Gasteiger partial charge in [0.1, 0.15) is 23.1 Å². The molecule has 2 amide bonds. The highest BCUT2D eigenvalue weighted by molar-refractivity contribution is 6.04. The summed E-state index contributed by atoms with van der Waals surface area (Å²) in [5.41, 5.74) is 3.31. The van der Waals surface area contributed by atoms with Gasteiger partial charge >= 0.3 is 6.03 Å². The Bertz CT molecular complexity index is 1230. The quantitative estimate of drug-likeness (QED) is 0.535. The fourth-order valence-corrected chi connectivity index (χ4v) is 4.18. The predicted molar refractivity (Wildman–Crippen MR) is 127 cm³/mol. The molecule has 1 N–H and O–H groups in total. The maximum absolute atomic E-state index is 13.5. The van der Waals surface area contributed by atoms with Crippen LogP contribution in [-0.4, -0.2) is 47.8 Å². The molecule has 0 unspecified atom stereocenters. The van der Waals surface area contributed by atoms with Crippen molar-refractivity contribution >= 4 is 23.2 Å². The van der Waals surface area contributed by atoms with Crippen molar-refractivity contribution in [2.75, 3.05) is 31.5 Å². The number of aliphatic imine (C=N–C) groups is 1. The Morgan fingerprint density at radius 3 is 2.73 bits per heavy atom. The number of amides is 2. The molecule has 0 atom stereocenters. The van der Waals surface area contributed by atoms with Gasteiger partial charge in [0, 0.05) is 31.9 Å². The van der Waals surface area contributed by atoms with E-state index in [-0.39, 0.29) is 11.8 Å². The number of anilines is 1. The Balaban J connectivity index is 1.39. The van der Waals surface area contributed by atoms with Crippen molar-refractivity contribution in [1.29, 1.82) is 0 Å². The smallest absolute Gasteiger partial charge is 0.321 e. The normalized spacial score (nSPS) is 15.4. The summed E-state index contributed by atoms with van der Waals surface area (Å²) in [6, 6.07) is 19.6. The number of aryl methyl sites for hydroxylation is 1. The second-order valence-corrected chi connectivity index (χ2v) is 8.27. The number of ether oxygens (including phenoxy) is 1. The van der Waals surface area contributed by atoms with Crippen molar-refractivity contribution in [3.63, 3.8) is 0 Å². The lowest BCUT2D eigenvalue weighted by molar-refractivity contribution is 0.214. The van der Waals surface area contributed by atoms with E-state index < -0.39 is 0 Å². The molecule has 0 saturated carbocycles. The third-order valence-corrected chi connectivity index (χ3v) is 5.85. The first-order valence-corrected chi connectivity index (χ1v) is 11.1. The van der Waals surface area contributed by atoms with E-state index in [1.54, 1.807) is 17.0 Å². The Kier molecular flexibility index (Phi) is 5.69. The van der Waals surface area contributed by atoms with E-state index in [9.17, 15) is 9.18 Å². The Morgan fingerprint density at radius 2 is 1.85 bits per heavy atom. The molecule has 168 valence electrons. The fraction of sp³-hybridized carbons (Fsp3) is 0.231. The van der Waals surface area contributed by atoms with Gasteiger partial charge in [-0.1, -0.05) is 29.8 Å². The highest BCUT2D eigenvalue weighted by Gasteiger charge is 2.26. The summed E-state index contributed by atoms with van der Waals surface area (Å²) in [4.78, 5) is 21.8. The average Bonchev–Trinajstić information content (AvgIpc) is 3.14. The van der Waals surface area contributed by atoms with E-state index in [1.165, 1.54) is 12.1 Å². The third kappa shape index (κ3) is 4.53. The van der Waals surface area contributed by atoms with Crippen LogP contribution in [0.25, 0.3) is 0 Å². The van der Waals surface area contributed by atoms with Crippen molar-refractivity contribution in [1.82, 2.24) is 9.80 Å². The molecule has 5 rings (SSSR count). The van der Waals surface area contributed by atoms with Gasteiger partial charge in [-0.2, -0.15) is 0 Å². The molecule has 1 fully saturated rings. The Hall–Kier alpha value is -3.87. The summed E-state index contributed by atoms with van der Waals surface area (Å²) >= 11 is 0. The third-order valence-electron chi connectivity index (χ3n) is 5.85. The molecule has 0 aliphatic carbocycles. The minimum Gasteiger partial charge on any atom is -0.454 e. The lowest BCUT2D eigenvalue weighted by Gasteiger charge is -2.25. The van der Waals surface area contributed by atoms with E-state index >= 15 is 0 Å². The molecular formula is C26H25FN4O2. The Morgan fingerprint density at radius 1 is 0.970 bits per heavy atom. The van der Waals surface area contributed by atoms with Crippen molar-refractivity contribution in [2.45, 2.75) is 13.3 Å². The number of para-hydroxylation sites is 2. The van der Waals surface area contributed by atoms with Gasteiger partial charge in [-0.25, -0.2) is 14.2 Å². The van der Waals surface area contributed by atoms with E-state index in [2.05, 4.69) is 23.2 Å². The summed E-state index contributed by atoms with van der Waals surface area (Å²) in [6.07, 6.45) is 0.791. The van der Waals surface area contributed by atoms with Crippen molar-refractivity contribution in [3.8, 4) is 11.5 Å². The van der Waals surface area contributed by atoms with Crippen LogP contribution >= 0.6 is 0 Å². The number of amidine groups is 1. The maximum Gasteiger partial charge on any atom is 0.321 e. The average molecular weight is 445 g/mol. The van der Waals surface area contributed by atoms with Gasteiger partial charge in [-0.15, -0.1) is 0 Å². The molecule has 0 spiro atoms. The molecule has 3 aromatic rings. The second kappa shape index (κ2) is 8.94. The Labute approximate surface area is 192 Å². The van der Waals surface area contributed by atoms with Gasteiger partial charge in [-0.3, -0.25) is 0 Å². The lowest BCUT2D eigenvalue weighted by atomic mass is 10.1. The molecule has 1 saturated heterocycles. The summed E-state index contributed by atoms with van der Waals surface area (Å²) < 4.78 is 19.7. The van der Waals surface area contributed by atoms with Crippen LogP contribution in [0.1, 0.15) is 17.5 Å². The van der Waals surface area contributed by atoms with Gasteiger partial charge < -0.3 is 19.9 Å². The largest absolute Gasteiger partial charge is 0.454 e. The van der Waals surface area contributed by atoms with Gasteiger partial charge in [0.2, 0.25) is 0 Å². The van der Waals surface area contributed by atoms with E-state index in [4.69, 9.17) is 9.73 Å². The highest BCUT2D eigenvalue weighted by atomic mass is 19.1. The molecule has 6 nitrogen and oxygen atoms in total.